The molecule has 0 radical (unpaired) electrons. The quantitative estimate of drug-likeness (QED) is 0.814. The van der Waals surface area contributed by atoms with E-state index in [9.17, 15) is 4.79 Å². The summed E-state index contributed by atoms with van der Waals surface area (Å²) < 4.78 is 5.53. The van der Waals surface area contributed by atoms with Crippen molar-refractivity contribution < 1.29 is 9.53 Å². The number of amides is 1. The van der Waals surface area contributed by atoms with Crippen LogP contribution < -0.4 is 0 Å². The van der Waals surface area contributed by atoms with Crippen molar-refractivity contribution in [2.24, 2.45) is 5.92 Å². The summed E-state index contributed by atoms with van der Waals surface area (Å²) in [6.07, 6.45) is 3.09. The zero-order valence-electron chi connectivity index (χ0n) is 13.6. The van der Waals surface area contributed by atoms with Crippen LogP contribution >= 0.6 is 0 Å². The van der Waals surface area contributed by atoms with Crippen LogP contribution in [0.4, 0.5) is 4.79 Å². The molecule has 1 fully saturated rings. The molecule has 0 bridgehead atoms. The summed E-state index contributed by atoms with van der Waals surface area (Å²) >= 11 is 0. The maximum Gasteiger partial charge on any atom is 0.410 e. The standard InChI is InChI=1S/C18H27NO2/c1-14-10-11-16(12-15-8-6-5-7-9-15)13-19(14)17(20)21-18(2,3)4/h5-9,14,16H,10-13H2,1-4H3. The first-order chi connectivity index (χ1) is 9.85. The molecule has 1 aliphatic heterocycles. The number of carbonyl (C=O) groups excluding carboxylic acids is 1. The van der Waals surface area contributed by atoms with Gasteiger partial charge in [-0.15, -0.1) is 0 Å². The third kappa shape index (κ3) is 4.76. The maximum absolute atomic E-state index is 12.3. The van der Waals surface area contributed by atoms with Gasteiger partial charge in [-0.2, -0.15) is 0 Å². The maximum atomic E-state index is 12.3. The Morgan fingerprint density at radius 3 is 2.52 bits per heavy atom. The van der Waals surface area contributed by atoms with Crippen molar-refractivity contribution in [2.45, 2.75) is 58.6 Å². The van der Waals surface area contributed by atoms with Crippen molar-refractivity contribution in [3.05, 3.63) is 35.9 Å². The summed E-state index contributed by atoms with van der Waals surface area (Å²) in [5.41, 5.74) is 0.921. The molecule has 0 aliphatic carbocycles. The van der Waals surface area contributed by atoms with E-state index in [-0.39, 0.29) is 12.1 Å². The van der Waals surface area contributed by atoms with E-state index < -0.39 is 5.60 Å². The lowest BCUT2D eigenvalue weighted by Gasteiger charge is -2.38. The third-order valence-corrected chi connectivity index (χ3v) is 3.97. The number of rotatable bonds is 2. The van der Waals surface area contributed by atoms with E-state index in [0.29, 0.717) is 5.92 Å². The summed E-state index contributed by atoms with van der Waals surface area (Å²) in [7, 11) is 0. The molecule has 2 atom stereocenters. The van der Waals surface area contributed by atoms with Gasteiger partial charge in [-0.3, -0.25) is 0 Å². The molecule has 3 nitrogen and oxygen atoms in total. The number of nitrogens with zero attached hydrogens (tertiary/aromatic N) is 1. The van der Waals surface area contributed by atoms with Gasteiger partial charge in [0, 0.05) is 12.6 Å². The number of hydrogen-bond donors (Lipinski definition) is 0. The molecule has 21 heavy (non-hydrogen) atoms. The zero-order chi connectivity index (χ0) is 15.5. The molecule has 1 aromatic rings. The number of piperidine rings is 1. The lowest BCUT2D eigenvalue weighted by molar-refractivity contribution is 0.00541. The van der Waals surface area contributed by atoms with Crippen LogP contribution in [0.25, 0.3) is 0 Å². The molecular formula is C18H27NO2. The Labute approximate surface area is 128 Å². The predicted molar refractivity (Wildman–Crippen MR) is 85.3 cm³/mol. The average molecular weight is 289 g/mol. The summed E-state index contributed by atoms with van der Waals surface area (Å²) in [5.74, 6) is 0.524. The minimum Gasteiger partial charge on any atom is -0.444 e. The smallest absolute Gasteiger partial charge is 0.410 e. The van der Waals surface area contributed by atoms with Crippen molar-refractivity contribution in [2.75, 3.05) is 6.54 Å². The molecule has 0 spiro atoms. The van der Waals surface area contributed by atoms with E-state index in [2.05, 4.69) is 31.2 Å². The minimum atomic E-state index is -0.427. The molecule has 0 aromatic heterocycles. The Bertz CT molecular complexity index is 464. The van der Waals surface area contributed by atoms with Gasteiger partial charge in [0.1, 0.15) is 5.60 Å². The van der Waals surface area contributed by atoms with Gasteiger partial charge < -0.3 is 9.64 Å². The van der Waals surface area contributed by atoms with Crippen molar-refractivity contribution >= 4 is 6.09 Å². The third-order valence-electron chi connectivity index (χ3n) is 3.97. The highest BCUT2D eigenvalue weighted by Crippen LogP contribution is 2.26. The predicted octanol–water partition coefficient (Wildman–Crippen LogP) is 4.26. The summed E-state index contributed by atoms with van der Waals surface area (Å²) in [4.78, 5) is 14.2. The molecule has 0 N–H and O–H groups in total. The number of ether oxygens (including phenoxy) is 1. The first-order valence-corrected chi connectivity index (χ1v) is 7.88. The number of carbonyl (C=O) groups is 1. The summed E-state index contributed by atoms with van der Waals surface area (Å²) in [6.45, 7) is 8.66. The Kier molecular flexibility index (Phi) is 4.92. The second-order valence-electron chi connectivity index (χ2n) is 7.11. The lowest BCUT2D eigenvalue weighted by atomic mass is 9.88. The highest BCUT2D eigenvalue weighted by Gasteiger charge is 2.31. The monoisotopic (exact) mass is 289 g/mol. The van der Waals surface area contributed by atoms with Crippen LogP contribution in [-0.4, -0.2) is 29.2 Å². The minimum absolute atomic E-state index is 0.173. The Morgan fingerprint density at radius 2 is 1.90 bits per heavy atom. The van der Waals surface area contributed by atoms with Crippen molar-refractivity contribution in [3.63, 3.8) is 0 Å². The Hall–Kier alpha value is -1.51. The van der Waals surface area contributed by atoms with E-state index in [0.717, 1.165) is 19.4 Å². The summed E-state index contributed by atoms with van der Waals surface area (Å²) in [5, 5.41) is 0. The molecule has 3 heteroatoms. The average Bonchev–Trinajstić information content (AvgIpc) is 2.40. The fourth-order valence-corrected chi connectivity index (χ4v) is 2.87. The fraction of sp³-hybridized carbons (Fsp3) is 0.611. The van der Waals surface area contributed by atoms with Gasteiger partial charge in [0.05, 0.1) is 0 Å². The molecule has 1 aromatic carbocycles. The van der Waals surface area contributed by atoms with E-state index in [4.69, 9.17) is 4.74 Å². The topological polar surface area (TPSA) is 29.5 Å². The number of benzene rings is 1. The first kappa shape index (κ1) is 15.9. The highest BCUT2D eigenvalue weighted by atomic mass is 16.6. The van der Waals surface area contributed by atoms with Gasteiger partial charge in [0.15, 0.2) is 0 Å². The van der Waals surface area contributed by atoms with Crippen LogP contribution in [0.3, 0.4) is 0 Å². The van der Waals surface area contributed by atoms with E-state index in [1.807, 2.05) is 31.7 Å². The molecule has 1 amide bonds. The van der Waals surface area contributed by atoms with Crippen molar-refractivity contribution in [1.29, 1.82) is 0 Å². The van der Waals surface area contributed by atoms with Crippen LogP contribution in [0.5, 0.6) is 0 Å². The second kappa shape index (κ2) is 6.50. The Balaban J connectivity index is 1.97. The van der Waals surface area contributed by atoms with Gasteiger partial charge in [-0.05, 0) is 58.4 Å². The van der Waals surface area contributed by atoms with Gasteiger partial charge >= 0.3 is 6.09 Å². The van der Waals surface area contributed by atoms with E-state index in [1.165, 1.54) is 12.0 Å². The molecule has 116 valence electrons. The molecule has 1 aliphatic rings. The Morgan fingerprint density at radius 1 is 1.24 bits per heavy atom. The molecule has 0 saturated carbocycles. The van der Waals surface area contributed by atoms with Gasteiger partial charge in [0.25, 0.3) is 0 Å². The molecule has 1 heterocycles. The van der Waals surface area contributed by atoms with E-state index >= 15 is 0 Å². The fourth-order valence-electron chi connectivity index (χ4n) is 2.87. The van der Waals surface area contributed by atoms with Crippen molar-refractivity contribution in [3.8, 4) is 0 Å². The second-order valence-corrected chi connectivity index (χ2v) is 7.11. The van der Waals surface area contributed by atoms with Crippen LogP contribution in [0.1, 0.15) is 46.1 Å². The molecule has 2 unspecified atom stereocenters. The SMILES string of the molecule is CC1CCC(Cc2ccccc2)CN1C(=O)OC(C)(C)C. The van der Waals surface area contributed by atoms with Crippen LogP contribution in [0.15, 0.2) is 30.3 Å². The molecular weight excluding hydrogens is 262 g/mol. The van der Waals surface area contributed by atoms with Crippen LogP contribution in [0.2, 0.25) is 0 Å². The lowest BCUT2D eigenvalue weighted by Crippen LogP contribution is -2.48. The van der Waals surface area contributed by atoms with Crippen LogP contribution in [0, 0.1) is 5.92 Å². The highest BCUT2D eigenvalue weighted by molar-refractivity contribution is 5.68. The van der Waals surface area contributed by atoms with Gasteiger partial charge in [-0.25, -0.2) is 4.79 Å². The van der Waals surface area contributed by atoms with E-state index in [1.54, 1.807) is 0 Å². The van der Waals surface area contributed by atoms with Gasteiger partial charge in [0.2, 0.25) is 0 Å². The van der Waals surface area contributed by atoms with Gasteiger partial charge in [-0.1, -0.05) is 30.3 Å². The number of hydrogen-bond acceptors (Lipinski definition) is 2. The first-order valence-electron chi connectivity index (χ1n) is 7.88. The summed E-state index contributed by atoms with van der Waals surface area (Å²) in [6, 6.07) is 10.8. The largest absolute Gasteiger partial charge is 0.444 e. The number of likely N-dealkylation sites (tertiary alicyclic amines) is 1. The van der Waals surface area contributed by atoms with Crippen LogP contribution in [-0.2, 0) is 11.2 Å². The van der Waals surface area contributed by atoms with Crippen molar-refractivity contribution in [1.82, 2.24) is 4.90 Å². The molecule has 2 rings (SSSR count). The zero-order valence-corrected chi connectivity index (χ0v) is 13.6. The molecule has 1 saturated heterocycles. The normalized spacial score (nSPS) is 23.0.